The van der Waals surface area contributed by atoms with E-state index >= 15 is 0 Å². The van der Waals surface area contributed by atoms with Crippen LogP contribution in [0.5, 0.6) is 0 Å². The summed E-state index contributed by atoms with van der Waals surface area (Å²) in [5.74, 6) is 0.0517. The van der Waals surface area contributed by atoms with Gasteiger partial charge in [0.25, 0.3) is 0 Å². The summed E-state index contributed by atoms with van der Waals surface area (Å²) in [7, 11) is 0. The minimum absolute atomic E-state index is 0.0478. The van der Waals surface area contributed by atoms with Gasteiger partial charge in [0.2, 0.25) is 5.91 Å². The number of nitrogens with one attached hydrogen (secondary N) is 2. The summed E-state index contributed by atoms with van der Waals surface area (Å²) in [6, 6.07) is 3.66. The predicted octanol–water partition coefficient (Wildman–Crippen LogP) is 1.47. The highest BCUT2D eigenvalue weighted by Gasteiger charge is 2.20. The Morgan fingerprint density at radius 1 is 1.56 bits per heavy atom. The van der Waals surface area contributed by atoms with Gasteiger partial charge in [-0.2, -0.15) is 0 Å². The van der Waals surface area contributed by atoms with Gasteiger partial charge in [-0.15, -0.1) is 0 Å². The number of carbonyl (C=O) groups is 1. The second kappa shape index (κ2) is 5.07. The number of carbonyl (C=O) groups excluding carboxylic acids is 1. The summed E-state index contributed by atoms with van der Waals surface area (Å²) < 4.78 is 0. The molecule has 16 heavy (non-hydrogen) atoms. The predicted molar refractivity (Wildman–Crippen MR) is 63.2 cm³/mol. The lowest BCUT2D eigenvalue weighted by Crippen LogP contribution is -2.43. The molecule has 0 bridgehead atoms. The van der Waals surface area contributed by atoms with Gasteiger partial charge in [0.15, 0.2) is 0 Å². The quantitative estimate of drug-likeness (QED) is 0.792. The van der Waals surface area contributed by atoms with Gasteiger partial charge in [-0.3, -0.25) is 9.78 Å². The van der Waals surface area contributed by atoms with Crippen molar-refractivity contribution in [2.75, 3.05) is 11.9 Å². The normalized spacial score (nSPS) is 20.4. The minimum Gasteiger partial charge on any atom is -0.323 e. The largest absolute Gasteiger partial charge is 0.323 e. The molecule has 2 heterocycles. The van der Waals surface area contributed by atoms with E-state index in [2.05, 4.69) is 15.6 Å². The van der Waals surface area contributed by atoms with Crippen molar-refractivity contribution in [3.05, 3.63) is 24.0 Å². The zero-order valence-electron chi connectivity index (χ0n) is 9.49. The maximum atomic E-state index is 11.9. The van der Waals surface area contributed by atoms with Crippen LogP contribution in [0.1, 0.15) is 25.0 Å². The van der Waals surface area contributed by atoms with E-state index in [0.717, 1.165) is 37.2 Å². The van der Waals surface area contributed by atoms with E-state index in [1.165, 1.54) is 0 Å². The Balaban J connectivity index is 1.99. The zero-order chi connectivity index (χ0) is 11.4. The van der Waals surface area contributed by atoms with Crippen LogP contribution in [-0.4, -0.2) is 23.5 Å². The van der Waals surface area contributed by atoms with Crippen LogP contribution in [0.4, 0.5) is 5.69 Å². The molecule has 1 saturated heterocycles. The molecule has 1 aliphatic heterocycles. The van der Waals surface area contributed by atoms with Crippen LogP contribution < -0.4 is 10.6 Å². The molecule has 0 aliphatic carbocycles. The maximum absolute atomic E-state index is 11.9. The van der Waals surface area contributed by atoms with E-state index in [1.54, 1.807) is 6.20 Å². The van der Waals surface area contributed by atoms with Gasteiger partial charge in [-0.1, -0.05) is 6.42 Å². The molecule has 0 saturated carbocycles. The van der Waals surface area contributed by atoms with E-state index in [9.17, 15) is 4.79 Å². The number of amides is 1. The number of anilines is 1. The van der Waals surface area contributed by atoms with Crippen LogP contribution in [0.25, 0.3) is 0 Å². The molecule has 2 N–H and O–H groups in total. The summed E-state index contributed by atoms with van der Waals surface area (Å²) >= 11 is 0. The smallest absolute Gasteiger partial charge is 0.241 e. The molecule has 0 radical (unpaired) electrons. The van der Waals surface area contributed by atoms with Crippen LogP contribution in [0.15, 0.2) is 18.3 Å². The van der Waals surface area contributed by atoms with E-state index in [-0.39, 0.29) is 11.9 Å². The van der Waals surface area contributed by atoms with Gasteiger partial charge in [-0.05, 0) is 38.4 Å². The number of hydrogen-bond acceptors (Lipinski definition) is 3. The van der Waals surface area contributed by atoms with Crippen molar-refractivity contribution >= 4 is 11.6 Å². The van der Waals surface area contributed by atoms with Crippen molar-refractivity contribution in [1.29, 1.82) is 0 Å². The minimum atomic E-state index is -0.0478. The third-order valence-electron chi connectivity index (χ3n) is 2.89. The van der Waals surface area contributed by atoms with Crippen molar-refractivity contribution in [2.45, 2.75) is 32.2 Å². The molecular formula is C12H17N3O. The molecule has 1 fully saturated rings. The SMILES string of the molecule is Cc1ncccc1NC(=O)C1CCCCN1. The van der Waals surface area contributed by atoms with E-state index in [4.69, 9.17) is 0 Å². The summed E-state index contributed by atoms with van der Waals surface area (Å²) in [5, 5.41) is 6.14. The Labute approximate surface area is 95.5 Å². The average Bonchev–Trinajstić information content (AvgIpc) is 2.33. The van der Waals surface area contributed by atoms with E-state index in [1.807, 2.05) is 19.1 Å². The fourth-order valence-electron chi connectivity index (χ4n) is 1.91. The summed E-state index contributed by atoms with van der Waals surface area (Å²) in [6.45, 7) is 2.83. The highest BCUT2D eigenvalue weighted by Crippen LogP contribution is 2.13. The maximum Gasteiger partial charge on any atom is 0.241 e. The Bertz CT molecular complexity index is 372. The second-order valence-electron chi connectivity index (χ2n) is 4.13. The first kappa shape index (κ1) is 11.1. The topological polar surface area (TPSA) is 54.0 Å². The second-order valence-corrected chi connectivity index (χ2v) is 4.13. The van der Waals surface area contributed by atoms with Crippen molar-refractivity contribution < 1.29 is 4.79 Å². The molecule has 1 aliphatic rings. The lowest BCUT2D eigenvalue weighted by atomic mass is 10.0. The number of aromatic nitrogens is 1. The summed E-state index contributed by atoms with van der Waals surface area (Å²) in [4.78, 5) is 16.1. The molecule has 4 heteroatoms. The number of piperidine rings is 1. The van der Waals surface area contributed by atoms with Gasteiger partial charge in [0.1, 0.15) is 0 Å². The number of rotatable bonds is 2. The molecular weight excluding hydrogens is 202 g/mol. The first-order valence-corrected chi connectivity index (χ1v) is 5.73. The van der Waals surface area contributed by atoms with Crippen LogP contribution >= 0.6 is 0 Å². The Morgan fingerprint density at radius 3 is 3.12 bits per heavy atom. The van der Waals surface area contributed by atoms with Crippen LogP contribution in [0.2, 0.25) is 0 Å². The average molecular weight is 219 g/mol. The van der Waals surface area contributed by atoms with E-state index in [0.29, 0.717) is 0 Å². The van der Waals surface area contributed by atoms with Crippen molar-refractivity contribution in [3.8, 4) is 0 Å². The third kappa shape index (κ3) is 2.58. The molecule has 0 spiro atoms. The molecule has 2 rings (SSSR count). The first-order chi connectivity index (χ1) is 7.77. The lowest BCUT2D eigenvalue weighted by molar-refractivity contribution is -0.118. The monoisotopic (exact) mass is 219 g/mol. The summed E-state index contributed by atoms with van der Waals surface area (Å²) in [6.07, 6.45) is 4.93. The lowest BCUT2D eigenvalue weighted by Gasteiger charge is -2.22. The molecule has 1 unspecified atom stereocenters. The zero-order valence-corrected chi connectivity index (χ0v) is 9.49. The van der Waals surface area contributed by atoms with Crippen molar-refractivity contribution in [1.82, 2.24) is 10.3 Å². The van der Waals surface area contributed by atoms with Crippen molar-refractivity contribution in [2.24, 2.45) is 0 Å². The van der Waals surface area contributed by atoms with Crippen LogP contribution in [0.3, 0.4) is 0 Å². The highest BCUT2D eigenvalue weighted by molar-refractivity contribution is 5.95. The van der Waals surface area contributed by atoms with Gasteiger partial charge in [0.05, 0.1) is 17.4 Å². The number of pyridine rings is 1. The molecule has 86 valence electrons. The van der Waals surface area contributed by atoms with Crippen LogP contribution in [-0.2, 0) is 4.79 Å². The highest BCUT2D eigenvalue weighted by atomic mass is 16.2. The van der Waals surface area contributed by atoms with Gasteiger partial charge in [0, 0.05) is 6.20 Å². The van der Waals surface area contributed by atoms with Crippen LogP contribution in [0, 0.1) is 6.92 Å². The molecule has 1 amide bonds. The Hall–Kier alpha value is -1.42. The molecule has 1 aromatic rings. The summed E-state index contributed by atoms with van der Waals surface area (Å²) in [5.41, 5.74) is 1.66. The third-order valence-corrected chi connectivity index (χ3v) is 2.89. The van der Waals surface area contributed by atoms with E-state index < -0.39 is 0 Å². The molecule has 1 aromatic heterocycles. The van der Waals surface area contributed by atoms with Gasteiger partial charge in [-0.25, -0.2) is 0 Å². The number of nitrogens with zero attached hydrogens (tertiary/aromatic N) is 1. The van der Waals surface area contributed by atoms with Crippen molar-refractivity contribution in [3.63, 3.8) is 0 Å². The fraction of sp³-hybridized carbons (Fsp3) is 0.500. The first-order valence-electron chi connectivity index (χ1n) is 5.73. The fourth-order valence-corrected chi connectivity index (χ4v) is 1.91. The Kier molecular flexibility index (Phi) is 3.51. The molecule has 4 nitrogen and oxygen atoms in total. The molecule has 0 aromatic carbocycles. The van der Waals surface area contributed by atoms with Gasteiger partial charge < -0.3 is 10.6 Å². The standard InChI is InChI=1S/C12H17N3O/c1-9-10(6-4-8-13-9)15-12(16)11-5-2-3-7-14-11/h4,6,8,11,14H,2-3,5,7H2,1H3,(H,15,16). The Morgan fingerprint density at radius 2 is 2.44 bits per heavy atom. The van der Waals surface area contributed by atoms with Gasteiger partial charge >= 0.3 is 0 Å². The number of aryl methyl sites for hydroxylation is 1. The number of hydrogen-bond donors (Lipinski definition) is 2. The molecule has 1 atom stereocenters.